The first-order valence-electron chi connectivity index (χ1n) is 10.4. The van der Waals surface area contributed by atoms with Crippen molar-refractivity contribution in [3.8, 4) is 0 Å². The highest BCUT2D eigenvalue weighted by Crippen LogP contribution is 2.44. The number of hydrogen-bond donors (Lipinski definition) is 0. The maximum Gasteiger partial charge on any atom is 0.411 e. The fraction of sp³-hybridized carbons (Fsp3) is 0.524. The van der Waals surface area contributed by atoms with Crippen LogP contribution in [0.4, 0.5) is 13.2 Å². The zero-order valence-electron chi connectivity index (χ0n) is 17.3. The third-order valence-corrected chi connectivity index (χ3v) is 8.16. The Morgan fingerprint density at radius 2 is 1.91 bits per heavy atom. The van der Waals surface area contributed by atoms with Gasteiger partial charge in [-0.25, -0.2) is 8.42 Å². The minimum atomic E-state index is -4.38. The van der Waals surface area contributed by atoms with E-state index in [1.807, 2.05) is 0 Å². The number of sulfonamides is 1. The van der Waals surface area contributed by atoms with Crippen LogP contribution in [-0.2, 0) is 19.6 Å². The number of piperidine rings is 1. The number of allylic oxidation sites excluding steroid dienone is 1. The predicted octanol–water partition coefficient (Wildman–Crippen LogP) is 2.88. The van der Waals surface area contributed by atoms with Gasteiger partial charge in [0.05, 0.1) is 11.5 Å². The lowest BCUT2D eigenvalue weighted by Gasteiger charge is -2.37. The van der Waals surface area contributed by atoms with Gasteiger partial charge in [-0.2, -0.15) is 17.5 Å². The van der Waals surface area contributed by atoms with E-state index in [9.17, 15) is 26.4 Å². The normalized spacial score (nSPS) is 24.2. The molecule has 1 atom stereocenters. The van der Waals surface area contributed by atoms with Crippen molar-refractivity contribution in [2.24, 2.45) is 5.41 Å². The Morgan fingerprint density at radius 1 is 1.19 bits per heavy atom. The molecule has 1 amide bonds. The van der Waals surface area contributed by atoms with Crippen LogP contribution in [0.3, 0.4) is 0 Å². The van der Waals surface area contributed by atoms with Gasteiger partial charge in [0.1, 0.15) is 11.5 Å². The van der Waals surface area contributed by atoms with E-state index in [4.69, 9.17) is 4.74 Å². The Bertz CT molecular complexity index is 1020. The van der Waals surface area contributed by atoms with E-state index in [-0.39, 0.29) is 30.3 Å². The van der Waals surface area contributed by atoms with Gasteiger partial charge >= 0.3 is 6.18 Å². The third kappa shape index (κ3) is 4.60. The number of aromatic nitrogens is 1. The molecule has 32 heavy (non-hydrogen) atoms. The molecule has 0 N–H and O–H groups in total. The van der Waals surface area contributed by atoms with Gasteiger partial charge in [-0.15, -0.1) is 0 Å². The zero-order valence-corrected chi connectivity index (χ0v) is 18.1. The quantitative estimate of drug-likeness (QED) is 0.660. The molecule has 3 aliphatic rings. The van der Waals surface area contributed by atoms with Crippen molar-refractivity contribution in [1.82, 2.24) is 14.2 Å². The number of hydrogen-bond acceptors (Lipinski definition) is 5. The standard InChI is InChI=1S/C21H24F3N3O4S/c22-21(23,24)15-31-17-5-3-16(4-6-17)27-13-9-20(19(27)28)7-11-26(12-8-20)32(29,30)18-2-1-10-25-14-18/h1-5,10,14,17H,6-9,11-13,15H2. The van der Waals surface area contributed by atoms with Crippen LogP contribution in [0.15, 0.2) is 53.3 Å². The Hall–Kier alpha value is -2.24. The summed E-state index contributed by atoms with van der Waals surface area (Å²) in [5.74, 6) is -0.0542. The van der Waals surface area contributed by atoms with Crippen LogP contribution in [0, 0.1) is 5.41 Å². The monoisotopic (exact) mass is 471 g/mol. The summed E-state index contributed by atoms with van der Waals surface area (Å²) in [5.41, 5.74) is 0.0448. The number of halogens is 3. The molecule has 2 saturated heterocycles. The van der Waals surface area contributed by atoms with Gasteiger partial charge in [0.2, 0.25) is 15.9 Å². The summed E-state index contributed by atoms with van der Waals surface area (Å²) in [7, 11) is -3.65. The second-order valence-electron chi connectivity index (χ2n) is 8.27. The van der Waals surface area contributed by atoms with Crippen LogP contribution in [0.25, 0.3) is 0 Å². The summed E-state index contributed by atoms with van der Waals surface area (Å²) < 4.78 is 68.9. The highest BCUT2D eigenvalue weighted by atomic mass is 32.2. The summed E-state index contributed by atoms with van der Waals surface area (Å²) >= 11 is 0. The lowest BCUT2D eigenvalue weighted by Crippen LogP contribution is -2.46. The van der Waals surface area contributed by atoms with Crippen molar-refractivity contribution in [2.45, 2.75) is 42.9 Å². The van der Waals surface area contributed by atoms with Gasteiger partial charge in [-0.05, 0) is 43.9 Å². The Labute approximate surface area is 184 Å². The Kier molecular flexibility index (Phi) is 6.17. The van der Waals surface area contributed by atoms with Gasteiger partial charge in [0.15, 0.2) is 0 Å². The molecular formula is C21H24F3N3O4S. The smallest absolute Gasteiger partial charge is 0.364 e. The highest BCUT2D eigenvalue weighted by Gasteiger charge is 2.50. The zero-order chi connectivity index (χ0) is 23.0. The van der Waals surface area contributed by atoms with Crippen molar-refractivity contribution in [2.75, 3.05) is 26.2 Å². The van der Waals surface area contributed by atoms with Crippen molar-refractivity contribution in [1.29, 1.82) is 0 Å². The first kappa shape index (κ1) is 22.9. The van der Waals surface area contributed by atoms with Crippen LogP contribution < -0.4 is 0 Å². The van der Waals surface area contributed by atoms with Gasteiger partial charge in [0, 0.05) is 37.7 Å². The number of carbonyl (C=O) groups is 1. The van der Waals surface area contributed by atoms with Crippen molar-refractivity contribution < 1.29 is 31.1 Å². The number of pyridine rings is 1. The fourth-order valence-corrected chi connectivity index (χ4v) is 5.85. The van der Waals surface area contributed by atoms with Gasteiger partial charge in [-0.1, -0.05) is 12.2 Å². The van der Waals surface area contributed by atoms with E-state index >= 15 is 0 Å². The molecule has 7 nitrogen and oxygen atoms in total. The first-order valence-corrected chi connectivity index (χ1v) is 11.8. The van der Waals surface area contributed by atoms with E-state index in [2.05, 4.69) is 4.98 Å². The van der Waals surface area contributed by atoms with E-state index < -0.39 is 34.3 Å². The SMILES string of the molecule is O=C1N(C2=CCC(OCC(F)(F)F)C=C2)CCC12CCN(S(=O)(=O)c1cccnc1)CC2. The first-order chi connectivity index (χ1) is 15.1. The van der Waals surface area contributed by atoms with E-state index in [1.165, 1.54) is 22.8 Å². The number of rotatable bonds is 5. The Balaban J connectivity index is 1.36. The number of alkyl halides is 3. The van der Waals surface area contributed by atoms with Crippen LogP contribution in [-0.4, -0.2) is 67.0 Å². The van der Waals surface area contributed by atoms with E-state index in [0.29, 0.717) is 31.5 Å². The molecular weight excluding hydrogens is 447 g/mol. The molecule has 1 aliphatic carbocycles. The summed E-state index contributed by atoms with van der Waals surface area (Å²) in [4.78, 5) is 18.9. The molecule has 0 saturated carbocycles. The minimum absolute atomic E-state index is 0.0542. The fourth-order valence-electron chi connectivity index (χ4n) is 4.45. The molecule has 3 heterocycles. The van der Waals surface area contributed by atoms with Crippen LogP contribution in [0.2, 0.25) is 0 Å². The average molecular weight is 472 g/mol. The summed E-state index contributed by atoms with van der Waals surface area (Å²) in [5, 5.41) is 0. The lowest BCUT2D eigenvalue weighted by molar-refractivity contribution is -0.180. The summed E-state index contributed by atoms with van der Waals surface area (Å²) in [6.07, 6.45) is 4.40. The maximum atomic E-state index is 13.2. The number of ether oxygens (including phenoxy) is 1. The van der Waals surface area contributed by atoms with E-state index in [0.717, 1.165) is 0 Å². The minimum Gasteiger partial charge on any atom is -0.364 e. The van der Waals surface area contributed by atoms with Crippen LogP contribution >= 0.6 is 0 Å². The van der Waals surface area contributed by atoms with Crippen LogP contribution in [0.1, 0.15) is 25.7 Å². The number of likely N-dealkylation sites (tertiary alicyclic amines) is 1. The molecule has 174 valence electrons. The molecule has 11 heteroatoms. The van der Waals surface area contributed by atoms with Crippen molar-refractivity contribution >= 4 is 15.9 Å². The van der Waals surface area contributed by atoms with Crippen LogP contribution in [0.5, 0.6) is 0 Å². The highest BCUT2D eigenvalue weighted by molar-refractivity contribution is 7.89. The van der Waals surface area contributed by atoms with Crippen molar-refractivity contribution in [3.63, 3.8) is 0 Å². The molecule has 0 aromatic carbocycles. The molecule has 0 bridgehead atoms. The second-order valence-corrected chi connectivity index (χ2v) is 10.2. The maximum absolute atomic E-state index is 13.2. The predicted molar refractivity (Wildman–Crippen MR) is 109 cm³/mol. The number of nitrogens with zero attached hydrogens (tertiary/aromatic N) is 3. The van der Waals surface area contributed by atoms with Gasteiger partial charge < -0.3 is 9.64 Å². The molecule has 1 aromatic rings. The molecule has 1 unspecified atom stereocenters. The second kappa shape index (κ2) is 8.60. The largest absolute Gasteiger partial charge is 0.411 e. The van der Waals surface area contributed by atoms with E-state index in [1.54, 1.807) is 29.2 Å². The van der Waals surface area contributed by atoms with Gasteiger partial charge in [0.25, 0.3) is 0 Å². The average Bonchev–Trinajstić information content (AvgIpc) is 3.09. The third-order valence-electron chi connectivity index (χ3n) is 6.28. The lowest BCUT2D eigenvalue weighted by atomic mass is 9.77. The molecule has 2 aliphatic heterocycles. The summed E-state index contributed by atoms with van der Waals surface area (Å²) in [6.45, 7) is -0.314. The molecule has 1 spiro atoms. The Morgan fingerprint density at radius 3 is 2.50 bits per heavy atom. The molecule has 1 aromatic heterocycles. The molecule has 0 radical (unpaired) electrons. The number of carbonyl (C=O) groups excluding carboxylic acids is 1. The summed E-state index contributed by atoms with van der Waals surface area (Å²) in [6, 6.07) is 3.07. The van der Waals surface area contributed by atoms with Crippen molar-refractivity contribution in [3.05, 3.63) is 48.5 Å². The topological polar surface area (TPSA) is 79.8 Å². The molecule has 2 fully saturated rings. The molecule has 4 rings (SSSR count). The van der Waals surface area contributed by atoms with Gasteiger partial charge in [-0.3, -0.25) is 9.78 Å². The number of amides is 1.